The van der Waals surface area contributed by atoms with E-state index in [1.54, 1.807) is 17.0 Å². The molecular weight excluding hydrogens is 307 g/mol. The van der Waals surface area contributed by atoms with Crippen molar-refractivity contribution in [1.82, 2.24) is 4.90 Å². The molecule has 1 rings (SSSR count). The minimum absolute atomic E-state index is 0.0331. The summed E-state index contributed by atoms with van der Waals surface area (Å²) in [4.78, 5) is 16.2. The van der Waals surface area contributed by atoms with Crippen LogP contribution in [0.1, 0.15) is 39.5 Å². The number of alkyl halides is 1. The zero-order valence-corrected chi connectivity index (χ0v) is 14.3. The molecule has 0 bridgehead atoms. The lowest BCUT2D eigenvalue weighted by Crippen LogP contribution is -2.43. The monoisotopic (exact) mass is 330 g/mol. The second-order valence-corrected chi connectivity index (χ2v) is 5.68. The highest BCUT2D eigenvalue weighted by Gasteiger charge is 2.21. The fraction of sp³-hybridized carbons (Fsp3) is 0.562. The first-order valence-corrected chi connectivity index (χ1v) is 8.43. The van der Waals surface area contributed by atoms with Gasteiger partial charge in [0.1, 0.15) is 6.00 Å². The Hall–Kier alpha value is -0.930. The number of halogens is 2. The predicted octanol–water partition coefficient (Wildman–Crippen LogP) is 5.36. The molecule has 21 heavy (non-hydrogen) atoms. The number of unbranched alkanes of at least 4 members (excludes halogenated alkanes) is 2. The molecule has 2 amide bonds. The maximum Gasteiger partial charge on any atom is 0.325 e. The first kappa shape index (κ1) is 18.1. The Bertz CT molecular complexity index is 415. The third kappa shape index (κ3) is 5.76. The number of carbonyl (C=O) groups excluding carboxylic acids is 1. The molecule has 0 fully saturated rings. The number of hydrogen-bond donors (Lipinski definition) is 0. The molecule has 0 aliphatic rings. The molecule has 0 N–H and O–H groups in total. The summed E-state index contributed by atoms with van der Waals surface area (Å²) in [5.74, 6) is 0. The van der Waals surface area contributed by atoms with Gasteiger partial charge in [0.05, 0.1) is 0 Å². The van der Waals surface area contributed by atoms with Gasteiger partial charge in [-0.15, -0.1) is 11.6 Å². The zero-order valence-electron chi connectivity index (χ0n) is 12.8. The Labute approximate surface area is 137 Å². The minimum atomic E-state index is -0.0331. The molecule has 0 aliphatic carbocycles. The van der Waals surface area contributed by atoms with Gasteiger partial charge in [-0.3, -0.25) is 4.90 Å². The molecule has 1 aromatic rings. The number of nitrogens with zero attached hydrogens (tertiary/aromatic N) is 2. The van der Waals surface area contributed by atoms with Crippen LogP contribution in [0.3, 0.4) is 0 Å². The first-order chi connectivity index (χ1) is 10.1. The van der Waals surface area contributed by atoms with Crippen LogP contribution in [0.2, 0.25) is 5.02 Å². The molecule has 0 aliphatic heterocycles. The highest BCUT2D eigenvalue weighted by molar-refractivity contribution is 6.30. The number of benzene rings is 1. The molecule has 0 spiro atoms. The van der Waals surface area contributed by atoms with Crippen molar-refractivity contribution >= 4 is 34.9 Å². The molecule has 3 nitrogen and oxygen atoms in total. The Morgan fingerprint density at radius 1 is 1.05 bits per heavy atom. The van der Waals surface area contributed by atoms with Crippen molar-refractivity contribution in [3.05, 3.63) is 29.3 Å². The normalized spacial score (nSPS) is 10.5. The van der Waals surface area contributed by atoms with E-state index in [1.807, 2.05) is 17.0 Å². The summed E-state index contributed by atoms with van der Waals surface area (Å²) in [5, 5.41) is 0.648. The highest BCUT2D eigenvalue weighted by Crippen LogP contribution is 2.20. The molecule has 118 valence electrons. The summed E-state index contributed by atoms with van der Waals surface area (Å²) < 4.78 is 0. The van der Waals surface area contributed by atoms with Crippen molar-refractivity contribution in [2.24, 2.45) is 0 Å². The fourth-order valence-electron chi connectivity index (χ4n) is 2.02. The molecule has 0 saturated heterocycles. The second kappa shape index (κ2) is 9.91. The Kier molecular flexibility index (Phi) is 8.55. The Morgan fingerprint density at radius 3 is 2.00 bits per heavy atom. The van der Waals surface area contributed by atoms with Gasteiger partial charge in [-0.05, 0) is 37.1 Å². The maximum absolute atomic E-state index is 12.7. The van der Waals surface area contributed by atoms with Crippen LogP contribution >= 0.6 is 23.2 Å². The number of hydrogen-bond acceptors (Lipinski definition) is 1. The van der Waals surface area contributed by atoms with Crippen LogP contribution in [-0.2, 0) is 0 Å². The van der Waals surface area contributed by atoms with Crippen LogP contribution in [-0.4, -0.2) is 30.0 Å². The lowest BCUT2D eigenvalue weighted by molar-refractivity contribution is 0.203. The van der Waals surface area contributed by atoms with Gasteiger partial charge in [0.25, 0.3) is 0 Å². The van der Waals surface area contributed by atoms with Crippen LogP contribution in [0.4, 0.5) is 10.5 Å². The van der Waals surface area contributed by atoms with Crippen molar-refractivity contribution in [1.29, 1.82) is 0 Å². The smallest absolute Gasteiger partial charge is 0.324 e. The van der Waals surface area contributed by atoms with E-state index in [1.165, 1.54) is 0 Å². The van der Waals surface area contributed by atoms with Crippen LogP contribution in [0.15, 0.2) is 24.3 Å². The molecule has 5 heteroatoms. The molecule has 0 radical (unpaired) electrons. The average molecular weight is 331 g/mol. The second-order valence-electron chi connectivity index (χ2n) is 5.00. The molecule has 0 heterocycles. The maximum atomic E-state index is 12.7. The zero-order chi connectivity index (χ0) is 15.7. The van der Waals surface area contributed by atoms with Crippen molar-refractivity contribution in [2.75, 3.05) is 24.0 Å². The molecule has 1 aromatic carbocycles. The number of carbonyl (C=O) groups is 1. The van der Waals surface area contributed by atoms with Crippen LogP contribution < -0.4 is 4.90 Å². The van der Waals surface area contributed by atoms with E-state index in [2.05, 4.69) is 13.8 Å². The number of anilines is 1. The molecule has 0 unspecified atom stereocenters. The van der Waals surface area contributed by atoms with Crippen molar-refractivity contribution in [3.8, 4) is 0 Å². The standard InChI is InChI=1S/C16H24Cl2N2O/c1-3-5-11-19(12-6-4-2)16(21)20(13-17)15-9-7-14(18)8-10-15/h7-10H,3-6,11-13H2,1-2H3. The van der Waals surface area contributed by atoms with Gasteiger partial charge in [-0.2, -0.15) is 0 Å². The predicted molar refractivity (Wildman–Crippen MR) is 91.4 cm³/mol. The largest absolute Gasteiger partial charge is 0.325 e. The average Bonchev–Trinajstić information content (AvgIpc) is 2.50. The summed E-state index contributed by atoms with van der Waals surface area (Å²) in [6, 6.07) is 7.28. The summed E-state index contributed by atoms with van der Waals surface area (Å²) in [7, 11) is 0. The van der Waals surface area contributed by atoms with Gasteiger partial charge >= 0.3 is 6.03 Å². The van der Waals surface area contributed by atoms with Gasteiger partial charge < -0.3 is 4.90 Å². The van der Waals surface area contributed by atoms with Gasteiger partial charge in [-0.1, -0.05) is 38.3 Å². The van der Waals surface area contributed by atoms with Gasteiger partial charge in [0, 0.05) is 23.8 Å². The van der Waals surface area contributed by atoms with E-state index in [0.717, 1.165) is 44.5 Å². The summed E-state index contributed by atoms with van der Waals surface area (Å²) in [5.41, 5.74) is 0.775. The third-order valence-corrected chi connectivity index (χ3v) is 3.81. The Morgan fingerprint density at radius 2 is 1.57 bits per heavy atom. The van der Waals surface area contributed by atoms with Crippen molar-refractivity contribution in [2.45, 2.75) is 39.5 Å². The quantitative estimate of drug-likeness (QED) is 0.464. The van der Waals surface area contributed by atoms with E-state index in [9.17, 15) is 4.79 Å². The van der Waals surface area contributed by atoms with Crippen LogP contribution in [0.5, 0.6) is 0 Å². The number of amides is 2. The lowest BCUT2D eigenvalue weighted by atomic mass is 10.2. The van der Waals surface area contributed by atoms with Gasteiger partial charge in [0.15, 0.2) is 0 Å². The topological polar surface area (TPSA) is 23.6 Å². The SMILES string of the molecule is CCCCN(CCCC)C(=O)N(CCl)c1ccc(Cl)cc1. The summed E-state index contributed by atoms with van der Waals surface area (Å²) >= 11 is 11.9. The third-order valence-electron chi connectivity index (χ3n) is 3.32. The van der Waals surface area contributed by atoms with Gasteiger partial charge in [-0.25, -0.2) is 4.79 Å². The molecule has 0 saturated carbocycles. The van der Waals surface area contributed by atoms with E-state index in [-0.39, 0.29) is 12.0 Å². The lowest BCUT2D eigenvalue weighted by Gasteiger charge is -2.29. The summed E-state index contributed by atoms with van der Waals surface area (Å²) in [6.45, 7) is 5.80. The number of urea groups is 1. The molecule has 0 atom stereocenters. The van der Waals surface area contributed by atoms with Crippen molar-refractivity contribution in [3.63, 3.8) is 0 Å². The minimum Gasteiger partial charge on any atom is -0.324 e. The molecular formula is C16H24Cl2N2O. The van der Waals surface area contributed by atoms with E-state index in [4.69, 9.17) is 23.2 Å². The number of rotatable bonds is 8. The Balaban J connectivity index is 2.83. The fourth-order valence-corrected chi connectivity index (χ4v) is 2.39. The first-order valence-electron chi connectivity index (χ1n) is 7.52. The summed E-state index contributed by atoms with van der Waals surface area (Å²) in [6.07, 6.45) is 4.15. The van der Waals surface area contributed by atoms with Gasteiger partial charge in [0.2, 0.25) is 0 Å². The van der Waals surface area contributed by atoms with Crippen molar-refractivity contribution < 1.29 is 4.79 Å². The molecule has 0 aromatic heterocycles. The highest BCUT2D eigenvalue weighted by atomic mass is 35.5. The van der Waals surface area contributed by atoms with E-state index in [0.29, 0.717) is 5.02 Å². The van der Waals surface area contributed by atoms with E-state index < -0.39 is 0 Å². The van der Waals surface area contributed by atoms with Crippen LogP contribution in [0.25, 0.3) is 0 Å². The van der Waals surface area contributed by atoms with Crippen LogP contribution in [0, 0.1) is 0 Å². The van der Waals surface area contributed by atoms with E-state index >= 15 is 0 Å².